The molecule has 1 amide bonds. The average molecular weight is 352 g/mol. The van der Waals surface area contributed by atoms with E-state index < -0.39 is 0 Å². The van der Waals surface area contributed by atoms with Crippen LogP contribution in [-0.4, -0.2) is 44.7 Å². The molecular formula is C20H24N4O2. The fraction of sp³-hybridized carbons (Fsp3) is 0.450. The van der Waals surface area contributed by atoms with Crippen molar-refractivity contribution in [2.24, 2.45) is 0 Å². The number of carbonyl (C=O) groups is 1. The first kappa shape index (κ1) is 16.8. The van der Waals surface area contributed by atoms with E-state index >= 15 is 0 Å². The number of hydrogen-bond acceptors (Lipinski definition) is 4. The van der Waals surface area contributed by atoms with Gasteiger partial charge in [-0.2, -0.15) is 5.10 Å². The second-order valence-corrected chi connectivity index (χ2v) is 7.11. The number of fused-ring (bicyclic) bond motifs is 1. The lowest BCUT2D eigenvalue weighted by Crippen LogP contribution is -2.38. The van der Waals surface area contributed by atoms with E-state index in [-0.39, 0.29) is 11.5 Å². The number of nitrogens with one attached hydrogen (secondary N) is 1. The fourth-order valence-corrected chi connectivity index (χ4v) is 3.73. The van der Waals surface area contributed by atoms with Gasteiger partial charge in [0.15, 0.2) is 5.82 Å². The van der Waals surface area contributed by atoms with Crippen molar-refractivity contribution >= 4 is 12.0 Å². The van der Waals surface area contributed by atoms with Crippen LogP contribution >= 0.6 is 0 Å². The lowest BCUT2D eigenvalue weighted by atomic mass is 9.91. The van der Waals surface area contributed by atoms with Crippen LogP contribution in [0.1, 0.15) is 42.9 Å². The fourth-order valence-electron chi connectivity index (χ4n) is 3.73. The third-order valence-corrected chi connectivity index (χ3v) is 5.19. The van der Waals surface area contributed by atoms with Crippen LogP contribution in [0.2, 0.25) is 0 Å². The zero-order valence-corrected chi connectivity index (χ0v) is 15.1. The van der Waals surface area contributed by atoms with Gasteiger partial charge in [0.05, 0.1) is 0 Å². The lowest BCUT2D eigenvalue weighted by Gasteiger charge is -2.34. The van der Waals surface area contributed by atoms with Crippen molar-refractivity contribution in [3.63, 3.8) is 0 Å². The van der Waals surface area contributed by atoms with Gasteiger partial charge in [-0.15, -0.1) is 0 Å². The van der Waals surface area contributed by atoms with E-state index in [1.165, 1.54) is 0 Å². The van der Waals surface area contributed by atoms with E-state index in [4.69, 9.17) is 4.74 Å². The maximum Gasteiger partial charge on any atom is 0.223 e. The number of likely N-dealkylation sites (tertiary alicyclic amines) is 1. The first-order valence-corrected chi connectivity index (χ1v) is 9.27. The summed E-state index contributed by atoms with van der Waals surface area (Å²) in [5, 5.41) is 6.92. The highest BCUT2D eigenvalue weighted by atomic mass is 16.5. The molecule has 6 heteroatoms. The predicted molar refractivity (Wildman–Crippen MR) is 98.7 cm³/mol. The Morgan fingerprint density at radius 3 is 3.04 bits per heavy atom. The number of hydrogen-bond donors (Lipinski definition) is 1. The molecule has 26 heavy (non-hydrogen) atoms. The monoisotopic (exact) mass is 352 g/mol. The van der Waals surface area contributed by atoms with Crippen molar-refractivity contribution in [3.8, 4) is 5.75 Å². The largest absolute Gasteiger partial charge is 0.483 e. The Morgan fingerprint density at radius 2 is 2.19 bits per heavy atom. The van der Waals surface area contributed by atoms with Gasteiger partial charge in [-0.3, -0.25) is 9.89 Å². The number of aryl methyl sites for hydroxylation is 2. The minimum absolute atomic E-state index is 0.171. The van der Waals surface area contributed by atoms with Gasteiger partial charge >= 0.3 is 0 Å². The molecule has 0 bridgehead atoms. The number of benzene rings is 1. The molecule has 0 radical (unpaired) electrons. The Labute approximate surface area is 153 Å². The Bertz CT molecular complexity index is 829. The summed E-state index contributed by atoms with van der Waals surface area (Å²) in [6.45, 7) is 3.37. The van der Waals surface area contributed by atoms with E-state index in [9.17, 15) is 4.79 Å². The molecule has 1 aromatic carbocycles. The minimum atomic E-state index is -0.287. The molecule has 2 aliphatic heterocycles. The van der Waals surface area contributed by atoms with Crippen LogP contribution in [0.5, 0.6) is 5.75 Å². The van der Waals surface area contributed by atoms with Gasteiger partial charge in [-0.25, -0.2) is 4.98 Å². The SMILES string of the molecule is Cc1nc(CCC(=O)N2CCC[C@@]3(C=Cc4ccccc4O3)CC2)n[nH]1. The molecule has 6 nitrogen and oxygen atoms in total. The maximum atomic E-state index is 12.6. The van der Waals surface area contributed by atoms with E-state index in [0.717, 1.165) is 49.5 Å². The summed E-state index contributed by atoms with van der Waals surface area (Å²) in [6.07, 6.45) is 8.06. The van der Waals surface area contributed by atoms with Gasteiger partial charge in [-0.1, -0.05) is 24.3 Å². The summed E-state index contributed by atoms with van der Waals surface area (Å²) in [6, 6.07) is 8.11. The molecule has 0 aliphatic carbocycles. The molecule has 2 aliphatic rings. The number of H-pyrrole nitrogens is 1. The number of para-hydroxylation sites is 1. The van der Waals surface area contributed by atoms with Crippen LogP contribution in [0.4, 0.5) is 0 Å². The molecule has 1 spiro atoms. The van der Waals surface area contributed by atoms with Gasteiger partial charge in [0.25, 0.3) is 0 Å². The number of ether oxygens (including phenoxy) is 1. The van der Waals surface area contributed by atoms with Crippen LogP contribution < -0.4 is 4.74 Å². The number of aromatic nitrogens is 3. The van der Waals surface area contributed by atoms with Gasteiger partial charge < -0.3 is 9.64 Å². The topological polar surface area (TPSA) is 71.1 Å². The quantitative estimate of drug-likeness (QED) is 0.922. The zero-order valence-electron chi connectivity index (χ0n) is 15.1. The molecule has 1 fully saturated rings. The van der Waals surface area contributed by atoms with Crippen LogP contribution in [0.3, 0.4) is 0 Å². The van der Waals surface area contributed by atoms with Crippen molar-refractivity contribution < 1.29 is 9.53 Å². The Morgan fingerprint density at radius 1 is 1.31 bits per heavy atom. The van der Waals surface area contributed by atoms with Crippen LogP contribution in [0.25, 0.3) is 6.08 Å². The van der Waals surface area contributed by atoms with E-state index in [0.29, 0.717) is 18.7 Å². The molecule has 3 heterocycles. The number of carbonyl (C=O) groups excluding carboxylic acids is 1. The summed E-state index contributed by atoms with van der Waals surface area (Å²) in [4.78, 5) is 18.8. The molecule has 0 saturated carbocycles. The van der Waals surface area contributed by atoms with E-state index in [1.807, 2.05) is 30.0 Å². The Hall–Kier alpha value is -2.63. The normalized spacial score (nSPS) is 22.0. The zero-order chi connectivity index (χ0) is 18.0. The molecule has 4 rings (SSSR count). The summed E-state index contributed by atoms with van der Waals surface area (Å²) < 4.78 is 6.35. The molecule has 1 N–H and O–H groups in total. The van der Waals surface area contributed by atoms with Gasteiger partial charge in [0, 0.05) is 37.9 Å². The number of rotatable bonds is 3. The van der Waals surface area contributed by atoms with Crippen molar-refractivity contribution in [1.82, 2.24) is 20.1 Å². The summed E-state index contributed by atoms with van der Waals surface area (Å²) in [5.74, 6) is 2.60. The number of aromatic amines is 1. The molecular weight excluding hydrogens is 328 g/mol. The first-order chi connectivity index (χ1) is 12.6. The van der Waals surface area contributed by atoms with Gasteiger partial charge in [0.1, 0.15) is 17.2 Å². The third-order valence-electron chi connectivity index (χ3n) is 5.19. The Balaban J connectivity index is 1.37. The first-order valence-electron chi connectivity index (χ1n) is 9.27. The maximum absolute atomic E-state index is 12.6. The predicted octanol–water partition coefficient (Wildman–Crippen LogP) is 2.90. The highest BCUT2D eigenvalue weighted by Gasteiger charge is 2.35. The summed E-state index contributed by atoms with van der Waals surface area (Å²) in [7, 11) is 0. The molecule has 1 aromatic heterocycles. The van der Waals surface area contributed by atoms with Crippen LogP contribution in [-0.2, 0) is 11.2 Å². The second-order valence-electron chi connectivity index (χ2n) is 7.11. The van der Waals surface area contributed by atoms with Crippen molar-refractivity contribution in [3.05, 3.63) is 47.6 Å². The van der Waals surface area contributed by atoms with E-state index in [2.05, 4.69) is 33.4 Å². The highest BCUT2D eigenvalue weighted by Crippen LogP contribution is 2.36. The molecule has 0 unspecified atom stereocenters. The van der Waals surface area contributed by atoms with Gasteiger partial charge in [-0.05, 0) is 31.9 Å². The molecule has 1 atom stereocenters. The average Bonchev–Trinajstić information content (AvgIpc) is 2.96. The number of nitrogens with zero attached hydrogens (tertiary/aromatic N) is 3. The third kappa shape index (κ3) is 3.49. The summed E-state index contributed by atoms with van der Waals surface area (Å²) >= 11 is 0. The second kappa shape index (κ2) is 6.94. The standard InChI is InChI=1S/C20H24N4O2/c1-15-21-18(23-22-15)7-8-19(25)24-13-4-10-20(12-14-24)11-9-16-5-2-3-6-17(16)26-20/h2-3,5-6,9,11H,4,7-8,10,12-14H2,1H3,(H,21,22,23)/t20-/m1/s1. The minimum Gasteiger partial charge on any atom is -0.483 e. The van der Waals surface area contributed by atoms with Crippen molar-refractivity contribution in [2.75, 3.05) is 13.1 Å². The highest BCUT2D eigenvalue weighted by molar-refractivity contribution is 5.76. The van der Waals surface area contributed by atoms with Gasteiger partial charge in [0.2, 0.25) is 5.91 Å². The van der Waals surface area contributed by atoms with Crippen molar-refractivity contribution in [1.29, 1.82) is 0 Å². The van der Waals surface area contributed by atoms with Crippen LogP contribution in [0, 0.1) is 6.92 Å². The number of amides is 1. The molecule has 2 aromatic rings. The Kier molecular flexibility index (Phi) is 4.49. The summed E-state index contributed by atoms with van der Waals surface area (Å²) in [5.41, 5.74) is 0.835. The van der Waals surface area contributed by atoms with Crippen molar-refractivity contribution in [2.45, 2.75) is 44.6 Å². The molecule has 1 saturated heterocycles. The lowest BCUT2D eigenvalue weighted by molar-refractivity contribution is -0.131. The van der Waals surface area contributed by atoms with E-state index in [1.54, 1.807) is 0 Å². The molecule has 136 valence electrons. The smallest absolute Gasteiger partial charge is 0.223 e. The van der Waals surface area contributed by atoms with Crippen LogP contribution in [0.15, 0.2) is 30.3 Å².